The van der Waals surface area contributed by atoms with E-state index in [4.69, 9.17) is 4.74 Å². The highest BCUT2D eigenvalue weighted by Crippen LogP contribution is 2.26. The molecule has 1 heterocycles. The lowest BCUT2D eigenvalue weighted by Crippen LogP contribution is -2.46. The Morgan fingerprint density at radius 1 is 1.14 bits per heavy atom. The van der Waals surface area contributed by atoms with Crippen molar-refractivity contribution in [2.75, 3.05) is 31.0 Å². The molecule has 1 fully saturated rings. The van der Waals surface area contributed by atoms with Crippen LogP contribution in [0.15, 0.2) is 53.4 Å². The number of aryl methyl sites for hydroxylation is 1. The van der Waals surface area contributed by atoms with Crippen LogP contribution in [0.5, 0.6) is 5.75 Å². The summed E-state index contributed by atoms with van der Waals surface area (Å²) in [6.07, 6.45) is 2.04. The second kappa shape index (κ2) is 8.86. The van der Waals surface area contributed by atoms with Gasteiger partial charge >= 0.3 is 0 Å². The molecule has 156 valence electrons. The first-order chi connectivity index (χ1) is 13.8. The Bertz CT molecular complexity index is 940. The lowest BCUT2D eigenvalue weighted by Gasteiger charge is -2.33. The van der Waals surface area contributed by atoms with Gasteiger partial charge in [0, 0.05) is 13.1 Å². The number of carbonyl (C=O) groups excluding carboxylic acids is 1. The number of sulfonamides is 1. The van der Waals surface area contributed by atoms with Gasteiger partial charge in [0.05, 0.1) is 17.7 Å². The Labute approximate surface area is 173 Å². The summed E-state index contributed by atoms with van der Waals surface area (Å²) < 4.78 is 33.2. The van der Waals surface area contributed by atoms with Crippen LogP contribution in [0.2, 0.25) is 0 Å². The molecular weight excluding hydrogens is 388 g/mol. The molecule has 0 bridgehead atoms. The molecule has 1 aliphatic heterocycles. The number of piperidine rings is 1. The number of likely N-dealkylation sites (tertiary alicyclic amines) is 1. The summed E-state index contributed by atoms with van der Waals surface area (Å²) in [5.41, 5.74) is 1.50. The van der Waals surface area contributed by atoms with Crippen LogP contribution in [0.1, 0.15) is 25.3 Å². The summed E-state index contributed by atoms with van der Waals surface area (Å²) in [5.74, 6) is 0.831. The van der Waals surface area contributed by atoms with Crippen LogP contribution in [0.4, 0.5) is 5.69 Å². The third kappa shape index (κ3) is 4.90. The lowest BCUT2D eigenvalue weighted by atomic mass is 10.0. The molecule has 0 aromatic heterocycles. The van der Waals surface area contributed by atoms with E-state index in [0.29, 0.717) is 30.4 Å². The normalized spacial score (nSPS) is 17.1. The van der Waals surface area contributed by atoms with Crippen LogP contribution < -0.4 is 9.04 Å². The first kappa shape index (κ1) is 21.2. The van der Waals surface area contributed by atoms with E-state index in [9.17, 15) is 13.2 Å². The highest BCUT2D eigenvalue weighted by Gasteiger charge is 2.30. The number of carbonyl (C=O) groups is 1. The molecule has 2 aromatic rings. The molecule has 0 N–H and O–H groups in total. The molecule has 3 rings (SSSR count). The number of anilines is 1. The van der Waals surface area contributed by atoms with Crippen LogP contribution >= 0.6 is 0 Å². The summed E-state index contributed by atoms with van der Waals surface area (Å²) in [6, 6.07) is 13.4. The maximum atomic E-state index is 13.4. The maximum Gasteiger partial charge on any atom is 0.264 e. The van der Waals surface area contributed by atoms with E-state index in [0.717, 1.165) is 18.4 Å². The number of rotatable bonds is 6. The third-order valence-electron chi connectivity index (χ3n) is 5.26. The topological polar surface area (TPSA) is 66.9 Å². The van der Waals surface area contributed by atoms with Crippen molar-refractivity contribution in [2.45, 2.75) is 31.6 Å². The zero-order valence-electron chi connectivity index (χ0n) is 17.2. The smallest absolute Gasteiger partial charge is 0.264 e. The van der Waals surface area contributed by atoms with E-state index in [-0.39, 0.29) is 17.3 Å². The molecule has 0 radical (unpaired) electrons. The minimum Gasteiger partial charge on any atom is -0.497 e. The average molecular weight is 417 g/mol. The fourth-order valence-electron chi connectivity index (χ4n) is 3.54. The van der Waals surface area contributed by atoms with Gasteiger partial charge in [-0.2, -0.15) is 0 Å². The van der Waals surface area contributed by atoms with Crippen LogP contribution in [0.3, 0.4) is 0 Å². The van der Waals surface area contributed by atoms with Crippen molar-refractivity contribution in [3.63, 3.8) is 0 Å². The molecule has 1 saturated heterocycles. The van der Waals surface area contributed by atoms with E-state index in [1.807, 2.05) is 19.1 Å². The molecule has 0 spiro atoms. The van der Waals surface area contributed by atoms with Gasteiger partial charge in [-0.15, -0.1) is 0 Å². The van der Waals surface area contributed by atoms with Crippen molar-refractivity contribution >= 4 is 21.6 Å². The number of nitrogens with zero attached hydrogens (tertiary/aromatic N) is 2. The predicted octanol–water partition coefficient (Wildman–Crippen LogP) is 3.46. The number of hydrogen-bond donors (Lipinski definition) is 0. The largest absolute Gasteiger partial charge is 0.497 e. The minimum atomic E-state index is -3.91. The van der Waals surface area contributed by atoms with Gasteiger partial charge in [0.1, 0.15) is 12.3 Å². The molecule has 7 heteroatoms. The minimum absolute atomic E-state index is 0.124. The van der Waals surface area contributed by atoms with Gasteiger partial charge in [-0.05, 0) is 62.1 Å². The van der Waals surface area contributed by atoms with Crippen molar-refractivity contribution in [1.82, 2.24) is 4.90 Å². The molecule has 1 atom stereocenters. The summed E-state index contributed by atoms with van der Waals surface area (Å²) in [4.78, 5) is 14.9. The zero-order valence-corrected chi connectivity index (χ0v) is 18.0. The Morgan fingerprint density at radius 3 is 2.38 bits per heavy atom. The standard InChI is InChI=1S/C22H28N2O4S/c1-17-6-8-19(9-7-17)24(16-22(25)23-14-4-5-18(2)15-23)29(26,27)21-12-10-20(28-3)11-13-21/h6-13,18H,4-5,14-16H2,1-3H3/t18-/m1/s1. The van der Waals surface area contributed by atoms with E-state index < -0.39 is 10.0 Å². The van der Waals surface area contributed by atoms with Gasteiger partial charge < -0.3 is 9.64 Å². The van der Waals surface area contributed by atoms with E-state index in [1.54, 1.807) is 29.2 Å². The van der Waals surface area contributed by atoms with E-state index >= 15 is 0 Å². The third-order valence-corrected chi connectivity index (χ3v) is 7.05. The molecule has 2 aromatic carbocycles. The number of hydrogen-bond acceptors (Lipinski definition) is 4. The van der Waals surface area contributed by atoms with Crippen LogP contribution in [0, 0.1) is 12.8 Å². The van der Waals surface area contributed by atoms with Crippen LogP contribution in [-0.2, 0) is 14.8 Å². The summed E-state index contributed by atoms with van der Waals surface area (Å²) in [5, 5.41) is 0. The van der Waals surface area contributed by atoms with Gasteiger partial charge in [-0.25, -0.2) is 8.42 Å². The van der Waals surface area contributed by atoms with Gasteiger partial charge in [0.2, 0.25) is 5.91 Å². The molecular formula is C22H28N2O4S. The quantitative estimate of drug-likeness (QED) is 0.723. The highest BCUT2D eigenvalue weighted by molar-refractivity contribution is 7.92. The second-order valence-electron chi connectivity index (χ2n) is 7.61. The number of ether oxygens (including phenoxy) is 1. The Kier molecular flexibility index (Phi) is 6.47. The average Bonchev–Trinajstić information content (AvgIpc) is 2.72. The van der Waals surface area contributed by atoms with Gasteiger partial charge in [0.25, 0.3) is 10.0 Å². The summed E-state index contributed by atoms with van der Waals surface area (Å²) >= 11 is 0. The number of methoxy groups -OCH3 is 1. The lowest BCUT2D eigenvalue weighted by molar-refractivity contribution is -0.131. The summed E-state index contributed by atoms with van der Waals surface area (Å²) in [7, 11) is -2.38. The van der Waals surface area contributed by atoms with Crippen molar-refractivity contribution in [3.05, 3.63) is 54.1 Å². The highest BCUT2D eigenvalue weighted by atomic mass is 32.2. The molecule has 0 aliphatic carbocycles. The van der Waals surface area contributed by atoms with Gasteiger partial charge in [-0.1, -0.05) is 24.6 Å². The molecule has 0 unspecified atom stereocenters. The van der Waals surface area contributed by atoms with E-state index in [2.05, 4.69) is 6.92 Å². The first-order valence-electron chi connectivity index (χ1n) is 9.82. The molecule has 0 saturated carbocycles. The summed E-state index contributed by atoms with van der Waals surface area (Å²) in [6.45, 7) is 5.18. The van der Waals surface area contributed by atoms with Crippen molar-refractivity contribution < 1.29 is 17.9 Å². The zero-order chi connectivity index (χ0) is 21.0. The predicted molar refractivity (Wildman–Crippen MR) is 114 cm³/mol. The Morgan fingerprint density at radius 2 is 1.79 bits per heavy atom. The van der Waals surface area contributed by atoms with Crippen LogP contribution in [0.25, 0.3) is 0 Å². The van der Waals surface area contributed by atoms with Gasteiger partial charge in [-0.3, -0.25) is 9.10 Å². The second-order valence-corrected chi connectivity index (χ2v) is 9.47. The molecule has 29 heavy (non-hydrogen) atoms. The number of benzene rings is 2. The first-order valence-corrected chi connectivity index (χ1v) is 11.3. The Hall–Kier alpha value is -2.54. The van der Waals surface area contributed by atoms with Crippen molar-refractivity contribution in [3.8, 4) is 5.75 Å². The van der Waals surface area contributed by atoms with Crippen molar-refractivity contribution in [1.29, 1.82) is 0 Å². The van der Waals surface area contributed by atoms with Gasteiger partial charge in [0.15, 0.2) is 0 Å². The maximum absolute atomic E-state index is 13.4. The van der Waals surface area contributed by atoms with Crippen molar-refractivity contribution in [2.24, 2.45) is 5.92 Å². The fourth-order valence-corrected chi connectivity index (χ4v) is 4.95. The molecule has 1 aliphatic rings. The molecule has 1 amide bonds. The number of amides is 1. The molecule has 6 nitrogen and oxygen atoms in total. The van der Waals surface area contributed by atoms with E-state index in [1.165, 1.54) is 23.5 Å². The fraction of sp³-hybridized carbons (Fsp3) is 0.409. The monoisotopic (exact) mass is 416 g/mol. The SMILES string of the molecule is COc1ccc(S(=O)(=O)N(CC(=O)N2CCC[C@@H](C)C2)c2ccc(C)cc2)cc1. The van der Waals surface area contributed by atoms with Crippen LogP contribution in [-0.4, -0.2) is 46.0 Å². The Balaban J connectivity index is 1.93.